The molecule has 1 N–H and O–H groups in total. The number of carbonyl (C=O) groups is 2. The fourth-order valence-corrected chi connectivity index (χ4v) is 3.22. The van der Waals surface area contributed by atoms with Gasteiger partial charge in [0.2, 0.25) is 0 Å². The van der Waals surface area contributed by atoms with Gasteiger partial charge in [0.25, 0.3) is 5.91 Å². The van der Waals surface area contributed by atoms with E-state index >= 15 is 0 Å². The van der Waals surface area contributed by atoms with Crippen molar-refractivity contribution in [2.24, 2.45) is 0 Å². The molecule has 1 fully saturated rings. The molecular formula is C20H27F3N2O4. The van der Waals surface area contributed by atoms with Gasteiger partial charge in [-0.1, -0.05) is 0 Å². The molecule has 0 aromatic heterocycles. The summed E-state index contributed by atoms with van der Waals surface area (Å²) in [6, 6.07) is 3.96. The highest BCUT2D eigenvalue weighted by Crippen LogP contribution is 2.29. The molecule has 1 aliphatic rings. The SMILES string of the molecule is CC(C)(C)OC(=O)N(CCO)C1CCN(C(=O)c2ccc(C(F)(F)F)cc2)CC1. The topological polar surface area (TPSA) is 70.1 Å². The van der Waals surface area contributed by atoms with E-state index in [2.05, 4.69) is 0 Å². The van der Waals surface area contributed by atoms with Crippen molar-refractivity contribution in [2.75, 3.05) is 26.2 Å². The lowest BCUT2D eigenvalue weighted by Crippen LogP contribution is -2.50. The van der Waals surface area contributed by atoms with Crippen LogP contribution in [-0.2, 0) is 10.9 Å². The average Bonchev–Trinajstić information content (AvgIpc) is 2.63. The number of rotatable bonds is 4. The Bertz CT molecular complexity index is 706. The molecule has 0 radical (unpaired) electrons. The molecule has 0 spiro atoms. The number of halogens is 3. The van der Waals surface area contributed by atoms with Crippen LogP contribution >= 0.6 is 0 Å². The molecule has 9 heteroatoms. The molecule has 1 aromatic rings. The fourth-order valence-electron chi connectivity index (χ4n) is 3.22. The highest BCUT2D eigenvalue weighted by molar-refractivity contribution is 5.94. The van der Waals surface area contributed by atoms with Crippen molar-refractivity contribution in [3.8, 4) is 0 Å². The summed E-state index contributed by atoms with van der Waals surface area (Å²) in [4.78, 5) is 28.0. The van der Waals surface area contributed by atoms with Crippen LogP contribution < -0.4 is 0 Å². The Morgan fingerprint density at radius 3 is 2.14 bits per heavy atom. The third-order valence-corrected chi connectivity index (χ3v) is 4.62. The van der Waals surface area contributed by atoms with Gasteiger partial charge in [-0.3, -0.25) is 4.79 Å². The van der Waals surface area contributed by atoms with E-state index in [0.717, 1.165) is 12.1 Å². The average molecular weight is 416 g/mol. The van der Waals surface area contributed by atoms with E-state index in [1.165, 1.54) is 17.0 Å². The first-order valence-corrected chi connectivity index (χ1v) is 9.49. The number of aliphatic hydroxyl groups excluding tert-OH is 1. The zero-order valence-corrected chi connectivity index (χ0v) is 16.8. The largest absolute Gasteiger partial charge is 0.444 e. The van der Waals surface area contributed by atoms with Gasteiger partial charge >= 0.3 is 12.3 Å². The summed E-state index contributed by atoms with van der Waals surface area (Å²) >= 11 is 0. The van der Waals surface area contributed by atoms with Gasteiger partial charge in [-0.15, -0.1) is 0 Å². The summed E-state index contributed by atoms with van der Waals surface area (Å²) in [6.07, 6.45) is -3.98. The van der Waals surface area contributed by atoms with Crippen molar-refractivity contribution >= 4 is 12.0 Å². The molecule has 2 amide bonds. The standard InChI is InChI=1S/C20H27F3N2O4/c1-19(2,3)29-18(28)25(12-13-26)16-8-10-24(11-9-16)17(27)14-4-6-15(7-5-14)20(21,22)23/h4-7,16,26H,8-13H2,1-3H3. The van der Waals surface area contributed by atoms with E-state index in [1.807, 2.05) is 0 Å². The van der Waals surface area contributed by atoms with Gasteiger partial charge in [0.1, 0.15) is 5.60 Å². The molecule has 0 saturated carbocycles. The number of piperidine rings is 1. The maximum Gasteiger partial charge on any atom is 0.416 e. The van der Waals surface area contributed by atoms with E-state index in [1.54, 1.807) is 25.7 Å². The molecule has 0 unspecified atom stereocenters. The van der Waals surface area contributed by atoms with Crippen LogP contribution in [0.3, 0.4) is 0 Å². The van der Waals surface area contributed by atoms with Gasteiger partial charge in [-0.2, -0.15) is 13.2 Å². The number of likely N-dealkylation sites (tertiary alicyclic amines) is 1. The normalized spacial score (nSPS) is 15.9. The van der Waals surface area contributed by atoms with E-state index in [9.17, 15) is 27.9 Å². The van der Waals surface area contributed by atoms with Gasteiger partial charge in [0, 0.05) is 31.2 Å². The second-order valence-corrected chi connectivity index (χ2v) is 8.00. The quantitative estimate of drug-likeness (QED) is 0.815. The van der Waals surface area contributed by atoms with Crippen LogP contribution in [0.2, 0.25) is 0 Å². The van der Waals surface area contributed by atoms with Gasteiger partial charge < -0.3 is 19.6 Å². The minimum Gasteiger partial charge on any atom is -0.444 e. The van der Waals surface area contributed by atoms with Crippen LogP contribution in [0, 0.1) is 0 Å². The Balaban J connectivity index is 1.99. The maximum atomic E-state index is 12.7. The first kappa shape index (κ1) is 23.0. The molecule has 0 bridgehead atoms. The van der Waals surface area contributed by atoms with Crippen molar-refractivity contribution in [2.45, 2.75) is 51.4 Å². The van der Waals surface area contributed by atoms with Gasteiger partial charge in [0.15, 0.2) is 0 Å². The van der Waals surface area contributed by atoms with E-state index in [-0.39, 0.29) is 30.7 Å². The maximum absolute atomic E-state index is 12.7. The predicted molar refractivity (Wildman–Crippen MR) is 100 cm³/mol. The number of hydrogen-bond acceptors (Lipinski definition) is 4. The summed E-state index contributed by atoms with van der Waals surface area (Å²) in [5.41, 5.74) is -1.27. The number of amides is 2. The third kappa shape index (κ3) is 6.35. The minimum atomic E-state index is -4.45. The molecular weight excluding hydrogens is 389 g/mol. The molecule has 29 heavy (non-hydrogen) atoms. The summed E-state index contributed by atoms with van der Waals surface area (Å²) in [7, 11) is 0. The molecule has 6 nitrogen and oxygen atoms in total. The second kappa shape index (κ2) is 9.02. The number of benzene rings is 1. The van der Waals surface area contributed by atoms with Gasteiger partial charge in [0.05, 0.1) is 12.2 Å². The van der Waals surface area contributed by atoms with Crippen LogP contribution in [0.15, 0.2) is 24.3 Å². The highest BCUT2D eigenvalue weighted by Gasteiger charge is 2.33. The predicted octanol–water partition coefficient (Wildman–Crippen LogP) is 3.54. The monoisotopic (exact) mass is 416 g/mol. The summed E-state index contributed by atoms with van der Waals surface area (Å²) < 4.78 is 43.4. The lowest BCUT2D eigenvalue weighted by Gasteiger charge is -2.38. The van der Waals surface area contributed by atoms with Gasteiger partial charge in [-0.05, 0) is 57.9 Å². The minimum absolute atomic E-state index is 0.131. The summed E-state index contributed by atoms with van der Waals surface area (Å²) in [6.45, 7) is 5.91. The molecule has 0 atom stereocenters. The zero-order chi connectivity index (χ0) is 21.8. The van der Waals surface area contributed by atoms with Crippen molar-refractivity contribution in [3.63, 3.8) is 0 Å². The van der Waals surface area contributed by atoms with Gasteiger partial charge in [-0.25, -0.2) is 4.79 Å². The zero-order valence-electron chi connectivity index (χ0n) is 16.8. The Kier molecular flexibility index (Phi) is 7.15. The van der Waals surface area contributed by atoms with E-state index < -0.39 is 23.4 Å². The molecule has 1 aliphatic heterocycles. The first-order valence-electron chi connectivity index (χ1n) is 9.49. The Morgan fingerprint density at radius 2 is 1.69 bits per heavy atom. The molecule has 1 heterocycles. The number of carbonyl (C=O) groups excluding carboxylic acids is 2. The third-order valence-electron chi connectivity index (χ3n) is 4.62. The highest BCUT2D eigenvalue weighted by atomic mass is 19.4. The Morgan fingerprint density at radius 1 is 1.14 bits per heavy atom. The van der Waals surface area contributed by atoms with Crippen LogP contribution in [0.5, 0.6) is 0 Å². The molecule has 0 aliphatic carbocycles. The number of hydrogen-bond donors (Lipinski definition) is 1. The van der Waals surface area contributed by atoms with Crippen molar-refractivity contribution in [3.05, 3.63) is 35.4 Å². The smallest absolute Gasteiger partial charge is 0.416 e. The Labute approximate surface area is 168 Å². The molecule has 1 saturated heterocycles. The van der Waals surface area contributed by atoms with Crippen LogP contribution in [0.4, 0.5) is 18.0 Å². The molecule has 162 valence electrons. The van der Waals surface area contributed by atoms with Crippen molar-refractivity contribution in [1.29, 1.82) is 0 Å². The number of alkyl halides is 3. The van der Waals surface area contributed by atoms with Crippen molar-refractivity contribution in [1.82, 2.24) is 9.80 Å². The summed E-state index contributed by atoms with van der Waals surface area (Å²) in [5, 5.41) is 9.29. The van der Waals surface area contributed by atoms with Crippen LogP contribution in [0.25, 0.3) is 0 Å². The lowest BCUT2D eigenvalue weighted by molar-refractivity contribution is -0.137. The fraction of sp³-hybridized carbons (Fsp3) is 0.600. The van der Waals surface area contributed by atoms with Crippen LogP contribution in [-0.4, -0.2) is 64.8 Å². The summed E-state index contributed by atoms with van der Waals surface area (Å²) in [5.74, 6) is -0.344. The number of ether oxygens (including phenoxy) is 1. The van der Waals surface area contributed by atoms with Crippen LogP contribution in [0.1, 0.15) is 49.5 Å². The second-order valence-electron chi connectivity index (χ2n) is 8.00. The first-order chi connectivity index (χ1) is 13.4. The lowest BCUT2D eigenvalue weighted by atomic mass is 10.0. The number of aliphatic hydroxyl groups is 1. The molecule has 1 aromatic carbocycles. The van der Waals surface area contributed by atoms with E-state index in [0.29, 0.717) is 25.9 Å². The van der Waals surface area contributed by atoms with E-state index in [4.69, 9.17) is 4.74 Å². The van der Waals surface area contributed by atoms with Crippen molar-refractivity contribution < 1.29 is 32.6 Å². The number of nitrogens with zero attached hydrogens (tertiary/aromatic N) is 2. The molecule has 2 rings (SSSR count). The Hall–Kier alpha value is -2.29.